The molecule has 0 bridgehead atoms. The summed E-state index contributed by atoms with van der Waals surface area (Å²) in [5.41, 5.74) is 2.71. The second-order valence-corrected chi connectivity index (χ2v) is 8.30. The molecule has 2 heterocycles. The summed E-state index contributed by atoms with van der Waals surface area (Å²) in [6.07, 6.45) is 2.32. The summed E-state index contributed by atoms with van der Waals surface area (Å²) in [7, 11) is 1.51. The molecule has 176 valence electrons. The van der Waals surface area contributed by atoms with E-state index in [4.69, 9.17) is 9.47 Å². The van der Waals surface area contributed by atoms with E-state index < -0.39 is 6.10 Å². The second kappa shape index (κ2) is 11.5. The lowest BCUT2D eigenvalue weighted by atomic mass is 10.1. The molecule has 34 heavy (non-hydrogen) atoms. The molecule has 7 nitrogen and oxygen atoms in total. The summed E-state index contributed by atoms with van der Waals surface area (Å²) in [5.74, 6) is -0.385. The molecule has 3 aromatic rings. The number of pyridine rings is 1. The topological polar surface area (TPSA) is 72.0 Å². The number of carbonyl (C=O) groups is 2. The maximum atomic E-state index is 13.5. The Bertz CT molecular complexity index is 1060. The highest BCUT2D eigenvalue weighted by molar-refractivity contribution is 5.88. The predicted molar refractivity (Wildman–Crippen MR) is 127 cm³/mol. The lowest BCUT2D eigenvalue weighted by molar-refractivity contribution is -0.146. The average molecular weight is 460 g/mol. The van der Waals surface area contributed by atoms with Crippen molar-refractivity contribution in [3.05, 3.63) is 102 Å². The number of aromatic nitrogens is 1. The van der Waals surface area contributed by atoms with Crippen LogP contribution in [0.4, 0.5) is 0 Å². The molecule has 0 aliphatic carbocycles. The summed E-state index contributed by atoms with van der Waals surface area (Å²) < 4.78 is 11.8. The van der Waals surface area contributed by atoms with Gasteiger partial charge in [-0.25, -0.2) is 0 Å². The maximum Gasteiger partial charge on any atom is 0.256 e. The first-order chi connectivity index (χ1) is 16.6. The lowest BCUT2D eigenvalue weighted by Gasteiger charge is -2.27. The van der Waals surface area contributed by atoms with Gasteiger partial charge in [0.25, 0.3) is 5.91 Å². The first-order valence-electron chi connectivity index (χ1n) is 11.3. The number of methoxy groups -OCH3 is 1. The van der Waals surface area contributed by atoms with E-state index in [0.717, 1.165) is 16.7 Å². The fourth-order valence-corrected chi connectivity index (χ4v) is 4.08. The third kappa shape index (κ3) is 6.07. The van der Waals surface area contributed by atoms with Crippen LogP contribution in [0.1, 0.15) is 22.8 Å². The van der Waals surface area contributed by atoms with Gasteiger partial charge < -0.3 is 19.3 Å². The monoisotopic (exact) mass is 459 g/mol. The van der Waals surface area contributed by atoms with E-state index in [1.807, 2.05) is 72.8 Å². The number of amides is 2. The zero-order valence-corrected chi connectivity index (χ0v) is 19.2. The summed E-state index contributed by atoms with van der Waals surface area (Å²) in [6.45, 7) is 1.46. The van der Waals surface area contributed by atoms with Crippen molar-refractivity contribution < 1.29 is 19.1 Å². The highest BCUT2D eigenvalue weighted by Crippen LogP contribution is 2.22. The Morgan fingerprint density at radius 2 is 1.71 bits per heavy atom. The minimum absolute atomic E-state index is 0.0308. The van der Waals surface area contributed by atoms with Crippen LogP contribution in [0.5, 0.6) is 0 Å². The van der Waals surface area contributed by atoms with Crippen LogP contribution in [0.15, 0.2) is 85.2 Å². The molecule has 7 heteroatoms. The minimum Gasteiger partial charge on any atom is -0.370 e. The molecular formula is C27H29N3O4. The number of nitrogens with zero attached hydrogens (tertiary/aromatic N) is 3. The van der Waals surface area contributed by atoms with Crippen molar-refractivity contribution in [1.82, 2.24) is 14.8 Å². The molecule has 2 amide bonds. The molecule has 0 N–H and O–H groups in total. The van der Waals surface area contributed by atoms with Crippen LogP contribution in [0.25, 0.3) is 0 Å². The van der Waals surface area contributed by atoms with Gasteiger partial charge in [-0.3, -0.25) is 14.6 Å². The normalized spacial score (nSPS) is 17.3. The van der Waals surface area contributed by atoms with Crippen molar-refractivity contribution in [2.75, 3.05) is 26.7 Å². The Morgan fingerprint density at radius 1 is 1.00 bits per heavy atom. The third-order valence-electron chi connectivity index (χ3n) is 5.83. The number of carbonyl (C=O) groups excluding carboxylic acids is 2. The Labute approximate surface area is 199 Å². The van der Waals surface area contributed by atoms with E-state index in [2.05, 4.69) is 4.98 Å². The van der Waals surface area contributed by atoms with E-state index in [1.165, 1.54) is 7.11 Å². The van der Waals surface area contributed by atoms with Gasteiger partial charge in [-0.2, -0.15) is 0 Å². The van der Waals surface area contributed by atoms with E-state index in [-0.39, 0.29) is 24.5 Å². The SMILES string of the molecule is CO[C@H](C(=O)N1CC(=O)N(Cc2cccnc2)C[C@@H](OCc2ccccc2)C1)c1ccccc1. The van der Waals surface area contributed by atoms with Crippen LogP contribution in [-0.2, 0) is 32.2 Å². The van der Waals surface area contributed by atoms with Gasteiger partial charge >= 0.3 is 0 Å². The Hall–Kier alpha value is -3.55. The first kappa shape index (κ1) is 23.6. The predicted octanol–water partition coefficient (Wildman–Crippen LogP) is 3.23. The van der Waals surface area contributed by atoms with Crippen molar-refractivity contribution in [3.63, 3.8) is 0 Å². The first-order valence-corrected chi connectivity index (χ1v) is 11.3. The molecule has 0 spiro atoms. The third-order valence-corrected chi connectivity index (χ3v) is 5.83. The van der Waals surface area contributed by atoms with Gasteiger partial charge in [0.15, 0.2) is 6.10 Å². The van der Waals surface area contributed by atoms with Crippen LogP contribution in [0.2, 0.25) is 0 Å². The van der Waals surface area contributed by atoms with E-state index in [9.17, 15) is 9.59 Å². The Balaban J connectivity index is 1.54. The molecule has 1 saturated heterocycles. The quantitative estimate of drug-likeness (QED) is 0.517. The number of ether oxygens (including phenoxy) is 2. The molecule has 2 aromatic carbocycles. The largest absolute Gasteiger partial charge is 0.370 e. The summed E-state index contributed by atoms with van der Waals surface area (Å²) >= 11 is 0. The number of rotatable bonds is 8. The van der Waals surface area contributed by atoms with E-state index >= 15 is 0 Å². The van der Waals surface area contributed by atoms with Crippen LogP contribution >= 0.6 is 0 Å². The Kier molecular flexibility index (Phi) is 8.01. The summed E-state index contributed by atoms with van der Waals surface area (Å²) in [5, 5.41) is 0. The van der Waals surface area contributed by atoms with Crippen LogP contribution in [0.3, 0.4) is 0 Å². The van der Waals surface area contributed by atoms with Gasteiger partial charge in [0.05, 0.1) is 19.3 Å². The van der Waals surface area contributed by atoms with Crippen molar-refractivity contribution in [3.8, 4) is 0 Å². The average Bonchev–Trinajstić information content (AvgIpc) is 3.03. The van der Waals surface area contributed by atoms with Crippen LogP contribution in [0, 0.1) is 0 Å². The van der Waals surface area contributed by atoms with Crippen molar-refractivity contribution in [1.29, 1.82) is 0 Å². The molecule has 1 aliphatic rings. The summed E-state index contributed by atoms with van der Waals surface area (Å²) in [6, 6.07) is 23.0. The molecule has 1 aliphatic heterocycles. The minimum atomic E-state index is -0.784. The highest BCUT2D eigenvalue weighted by Gasteiger charge is 2.34. The van der Waals surface area contributed by atoms with Gasteiger partial charge in [0.2, 0.25) is 5.91 Å². The highest BCUT2D eigenvalue weighted by atomic mass is 16.5. The van der Waals surface area contributed by atoms with Gasteiger partial charge in [-0.05, 0) is 22.8 Å². The molecule has 0 unspecified atom stereocenters. The van der Waals surface area contributed by atoms with Crippen molar-refractivity contribution in [2.24, 2.45) is 0 Å². The number of benzene rings is 2. The van der Waals surface area contributed by atoms with Gasteiger partial charge in [0.1, 0.15) is 0 Å². The Morgan fingerprint density at radius 3 is 2.38 bits per heavy atom. The lowest BCUT2D eigenvalue weighted by Crippen LogP contribution is -2.42. The second-order valence-electron chi connectivity index (χ2n) is 8.30. The number of hydrogen-bond donors (Lipinski definition) is 0. The summed E-state index contributed by atoms with van der Waals surface area (Å²) in [4.78, 5) is 34.1. The maximum absolute atomic E-state index is 13.5. The fraction of sp³-hybridized carbons (Fsp3) is 0.296. The van der Waals surface area contributed by atoms with Gasteiger partial charge in [0, 0.05) is 39.1 Å². The zero-order valence-electron chi connectivity index (χ0n) is 19.2. The number of hydrogen-bond acceptors (Lipinski definition) is 5. The molecule has 0 saturated carbocycles. The van der Waals surface area contributed by atoms with E-state index in [0.29, 0.717) is 26.2 Å². The van der Waals surface area contributed by atoms with Gasteiger partial charge in [-0.15, -0.1) is 0 Å². The molecule has 4 rings (SSSR count). The molecule has 2 atom stereocenters. The van der Waals surface area contributed by atoms with Crippen LogP contribution in [-0.4, -0.2) is 59.4 Å². The molecule has 0 radical (unpaired) electrons. The molecule has 1 aromatic heterocycles. The van der Waals surface area contributed by atoms with Crippen molar-refractivity contribution >= 4 is 11.8 Å². The standard InChI is InChI=1S/C27H29N3O4/c1-33-26(23-12-6-3-7-13-23)27(32)30-18-24(34-20-21-9-4-2-5-10-21)17-29(25(31)19-30)16-22-11-8-14-28-15-22/h2-15,24,26H,16-20H2,1H3/t24-,26+/m1/s1. The van der Waals surface area contributed by atoms with Crippen molar-refractivity contribution in [2.45, 2.75) is 25.4 Å². The van der Waals surface area contributed by atoms with Gasteiger partial charge in [-0.1, -0.05) is 66.7 Å². The molecular weight excluding hydrogens is 430 g/mol. The smallest absolute Gasteiger partial charge is 0.256 e. The molecule has 1 fully saturated rings. The van der Waals surface area contributed by atoms with Crippen LogP contribution < -0.4 is 0 Å². The fourth-order valence-electron chi connectivity index (χ4n) is 4.08. The zero-order chi connectivity index (χ0) is 23.8. The van der Waals surface area contributed by atoms with E-state index in [1.54, 1.807) is 22.2 Å².